The van der Waals surface area contributed by atoms with Crippen molar-refractivity contribution < 1.29 is 24.2 Å². The maximum Gasteiger partial charge on any atom is 0.407 e. The Kier molecular flexibility index (Phi) is 6.82. The summed E-state index contributed by atoms with van der Waals surface area (Å²) >= 11 is 3.38. The summed E-state index contributed by atoms with van der Waals surface area (Å²) in [5.74, 6) is -0.410. The van der Waals surface area contributed by atoms with Gasteiger partial charge in [0.15, 0.2) is 0 Å². The van der Waals surface area contributed by atoms with Crippen LogP contribution in [0.25, 0.3) is 0 Å². The molecule has 0 aromatic heterocycles. The first-order valence-electron chi connectivity index (χ1n) is 7.52. The zero-order valence-electron chi connectivity index (χ0n) is 13.6. The molecule has 7 heteroatoms. The van der Waals surface area contributed by atoms with Gasteiger partial charge < -0.3 is 19.9 Å². The fraction of sp³-hybridized carbons (Fsp3) is 0.222. The Hall–Kier alpha value is -2.54. The van der Waals surface area contributed by atoms with Gasteiger partial charge in [-0.3, -0.25) is 4.79 Å². The van der Waals surface area contributed by atoms with E-state index < -0.39 is 18.1 Å². The maximum atomic E-state index is 12.0. The Labute approximate surface area is 153 Å². The summed E-state index contributed by atoms with van der Waals surface area (Å²) in [5.41, 5.74) is 1.47. The lowest BCUT2D eigenvalue weighted by Gasteiger charge is -2.19. The molecule has 0 saturated carbocycles. The minimum absolute atomic E-state index is 0.107. The first-order chi connectivity index (χ1) is 12.0. The van der Waals surface area contributed by atoms with Gasteiger partial charge in [-0.15, -0.1) is 0 Å². The molecule has 6 nitrogen and oxygen atoms in total. The molecule has 0 aliphatic heterocycles. The fourth-order valence-corrected chi connectivity index (χ4v) is 2.87. The average Bonchev–Trinajstić information content (AvgIpc) is 2.59. The second kappa shape index (κ2) is 9.08. The van der Waals surface area contributed by atoms with Gasteiger partial charge in [0.05, 0.1) is 19.6 Å². The second-order valence-electron chi connectivity index (χ2n) is 5.24. The van der Waals surface area contributed by atoms with Crippen LogP contribution in [0, 0.1) is 0 Å². The van der Waals surface area contributed by atoms with Crippen molar-refractivity contribution in [2.75, 3.05) is 7.11 Å². The lowest BCUT2D eigenvalue weighted by molar-refractivity contribution is -0.137. The quantitative estimate of drug-likeness (QED) is 0.726. The highest BCUT2D eigenvalue weighted by Crippen LogP contribution is 2.29. The maximum absolute atomic E-state index is 12.0. The number of carboxylic acid groups (broad SMARTS) is 1. The molecule has 2 aromatic rings. The predicted molar refractivity (Wildman–Crippen MR) is 95.5 cm³/mol. The van der Waals surface area contributed by atoms with Gasteiger partial charge in [0, 0.05) is 4.47 Å². The van der Waals surface area contributed by atoms with Crippen molar-refractivity contribution >= 4 is 28.0 Å². The third-order valence-corrected chi connectivity index (χ3v) is 4.15. The summed E-state index contributed by atoms with van der Waals surface area (Å²) in [4.78, 5) is 23.2. The number of alkyl carbamates (subject to hydrolysis) is 1. The third-order valence-electron chi connectivity index (χ3n) is 3.47. The zero-order valence-corrected chi connectivity index (χ0v) is 15.2. The minimum atomic E-state index is -1.03. The summed E-state index contributed by atoms with van der Waals surface area (Å²) in [7, 11) is 1.54. The van der Waals surface area contributed by atoms with E-state index in [1.807, 2.05) is 30.3 Å². The number of carboxylic acids is 1. The number of aliphatic carboxylic acids is 1. The molecule has 0 aliphatic carbocycles. The number of nitrogens with one attached hydrogen (secondary N) is 1. The molecule has 0 spiro atoms. The van der Waals surface area contributed by atoms with Gasteiger partial charge in [-0.1, -0.05) is 52.3 Å². The van der Waals surface area contributed by atoms with E-state index in [-0.39, 0.29) is 13.0 Å². The number of amides is 1. The number of benzene rings is 2. The van der Waals surface area contributed by atoms with Crippen LogP contribution < -0.4 is 10.1 Å². The molecule has 0 radical (unpaired) electrons. The van der Waals surface area contributed by atoms with Crippen molar-refractivity contribution in [1.82, 2.24) is 5.32 Å². The largest absolute Gasteiger partial charge is 0.497 e. The SMILES string of the molecule is COc1ccc([C@H](CC(=O)O)NC(=O)OCc2ccccc2)c(Br)c1. The lowest BCUT2D eigenvalue weighted by Crippen LogP contribution is -2.31. The van der Waals surface area contributed by atoms with E-state index in [0.717, 1.165) is 5.56 Å². The van der Waals surface area contributed by atoms with Crippen molar-refractivity contribution in [2.45, 2.75) is 19.1 Å². The lowest BCUT2D eigenvalue weighted by atomic mass is 10.0. The monoisotopic (exact) mass is 407 g/mol. The topological polar surface area (TPSA) is 84.9 Å². The van der Waals surface area contributed by atoms with Gasteiger partial charge in [-0.2, -0.15) is 0 Å². The van der Waals surface area contributed by atoms with Gasteiger partial charge in [-0.25, -0.2) is 4.79 Å². The average molecular weight is 408 g/mol. The minimum Gasteiger partial charge on any atom is -0.497 e. The summed E-state index contributed by atoms with van der Waals surface area (Å²) in [5, 5.41) is 11.7. The van der Waals surface area contributed by atoms with Gasteiger partial charge in [-0.05, 0) is 23.3 Å². The molecule has 2 N–H and O–H groups in total. The molecule has 0 saturated heterocycles. The zero-order chi connectivity index (χ0) is 18.2. The highest BCUT2D eigenvalue weighted by molar-refractivity contribution is 9.10. The van der Waals surface area contributed by atoms with Crippen LogP contribution in [0.2, 0.25) is 0 Å². The fourth-order valence-electron chi connectivity index (χ4n) is 2.24. The normalized spacial score (nSPS) is 11.4. The smallest absolute Gasteiger partial charge is 0.407 e. The molecule has 132 valence electrons. The molecular formula is C18H18BrNO5. The van der Waals surface area contributed by atoms with Crippen LogP contribution >= 0.6 is 15.9 Å². The van der Waals surface area contributed by atoms with Crippen LogP contribution in [0.4, 0.5) is 4.79 Å². The molecule has 0 bridgehead atoms. The van der Waals surface area contributed by atoms with Gasteiger partial charge in [0.1, 0.15) is 12.4 Å². The molecule has 25 heavy (non-hydrogen) atoms. The van der Waals surface area contributed by atoms with Crippen molar-refractivity contribution in [3.8, 4) is 5.75 Å². The molecule has 0 heterocycles. The van der Waals surface area contributed by atoms with E-state index in [2.05, 4.69) is 21.2 Å². The predicted octanol–water partition coefficient (Wildman–Crippen LogP) is 3.90. The number of halogens is 1. The number of carbonyl (C=O) groups excluding carboxylic acids is 1. The van der Waals surface area contributed by atoms with Crippen LogP contribution in [0.1, 0.15) is 23.6 Å². The highest BCUT2D eigenvalue weighted by Gasteiger charge is 2.21. The van der Waals surface area contributed by atoms with Crippen LogP contribution in [0.3, 0.4) is 0 Å². The molecule has 0 fully saturated rings. The Morgan fingerprint density at radius 3 is 2.52 bits per heavy atom. The molecule has 2 rings (SSSR count). The van der Waals surface area contributed by atoms with E-state index in [1.54, 1.807) is 18.2 Å². The van der Waals surface area contributed by atoms with Gasteiger partial charge >= 0.3 is 12.1 Å². The van der Waals surface area contributed by atoms with Crippen molar-refractivity contribution in [1.29, 1.82) is 0 Å². The summed E-state index contributed by atoms with van der Waals surface area (Å²) in [6, 6.07) is 13.6. The number of carbonyl (C=O) groups is 2. The number of ether oxygens (including phenoxy) is 2. The Morgan fingerprint density at radius 2 is 1.92 bits per heavy atom. The number of hydrogen-bond donors (Lipinski definition) is 2. The molecular weight excluding hydrogens is 390 g/mol. The van der Waals surface area contributed by atoms with Crippen molar-refractivity contribution in [3.63, 3.8) is 0 Å². The van der Waals surface area contributed by atoms with E-state index in [1.165, 1.54) is 7.11 Å². The summed E-state index contributed by atoms with van der Waals surface area (Å²) in [6.07, 6.45) is -0.955. The molecule has 1 atom stereocenters. The first-order valence-corrected chi connectivity index (χ1v) is 8.31. The Balaban J connectivity index is 2.06. The van der Waals surface area contributed by atoms with E-state index in [0.29, 0.717) is 15.8 Å². The molecule has 2 aromatic carbocycles. The van der Waals surface area contributed by atoms with Gasteiger partial charge in [0.2, 0.25) is 0 Å². The van der Waals surface area contributed by atoms with Crippen LogP contribution in [0.5, 0.6) is 5.75 Å². The Bertz CT molecular complexity index is 736. The van der Waals surface area contributed by atoms with Crippen LogP contribution in [0.15, 0.2) is 53.0 Å². The number of rotatable bonds is 7. The summed E-state index contributed by atoms with van der Waals surface area (Å²) in [6.45, 7) is 0.107. The van der Waals surface area contributed by atoms with E-state index >= 15 is 0 Å². The third kappa shape index (κ3) is 5.79. The highest BCUT2D eigenvalue weighted by atomic mass is 79.9. The van der Waals surface area contributed by atoms with Crippen LogP contribution in [-0.2, 0) is 16.1 Å². The second-order valence-corrected chi connectivity index (χ2v) is 6.10. The van der Waals surface area contributed by atoms with Crippen LogP contribution in [-0.4, -0.2) is 24.3 Å². The first kappa shape index (κ1) is 18.8. The van der Waals surface area contributed by atoms with Crippen molar-refractivity contribution in [2.24, 2.45) is 0 Å². The Morgan fingerprint density at radius 1 is 1.20 bits per heavy atom. The van der Waals surface area contributed by atoms with E-state index in [4.69, 9.17) is 14.6 Å². The van der Waals surface area contributed by atoms with E-state index in [9.17, 15) is 9.59 Å². The number of methoxy groups -OCH3 is 1. The summed E-state index contributed by atoms with van der Waals surface area (Å²) < 4.78 is 10.9. The molecule has 0 aliphatic rings. The van der Waals surface area contributed by atoms with Crippen molar-refractivity contribution in [3.05, 3.63) is 64.1 Å². The molecule has 1 amide bonds. The number of hydrogen-bond acceptors (Lipinski definition) is 4. The van der Waals surface area contributed by atoms with Gasteiger partial charge in [0.25, 0.3) is 0 Å². The molecule has 0 unspecified atom stereocenters. The standard InChI is InChI=1S/C18H18BrNO5/c1-24-13-7-8-14(15(19)9-13)16(10-17(21)22)20-18(23)25-11-12-5-3-2-4-6-12/h2-9,16H,10-11H2,1H3,(H,20,23)(H,21,22)/t16-/m0/s1.